The van der Waals surface area contributed by atoms with E-state index in [2.05, 4.69) is 5.32 Å². The maximum atomic E-state index is 12.6. The highest BCUT2D eigenvalue weighted by Crippen LogP contribution is 2.32. The van der Waals surface area contributed by atoms with Gasteiger partial charge < -0.3 is 15.3 Å². The molecule has 0 aliphatic heterocycles. The first-order valence-electron chi connectivity index (χ1n) is 8.39. The monoisotopic (exact) mass is 332 g/mol. The molecular formula is C18H24N2O4. The molecule has 1 saturated carbocycles. The van der Waals surface area contributed by atoms with Crippen molar-refractivity contribution in [1.29, 1.82) is 0 Å². The smallest absolute Gasteiger partial charge is 0.306 e. The van der Waals surface area contributed by atoms with E-state index in [-0.39, 0.29) is 17.7 Å². The molecule has 6 nitrogen and oxygen atoms in total. The van der Waals surface area contributed by atoms with Crippen molar-refractivity contribution in [2.45, 2.75) is 33.1 Å². The Hall–Kier alpha value is -2.37. The summed E-state index contributed by atoms with van der Waals surface area (Å²) in [6, 6.07) is 6.94. The summed E-state index contributed by atoms with van der Waals surface area (Å²) in [7, 11) is 0. The molecular weight excluding hydrogens is 308 g/mol. The molecule has 1 fully saturated rings. The van der Waals surface area contributed by atoms with Crippen molar-refractivity contribution in [1.82, 2.24) is 4.90 Å². The highest BCUT2D eigenvalue weighted by atomic mass is 16.4. The Labute approximate surface area is 141 Å². The minimum absolute atomic E-state index is 0.120. The summed E-state index contributed by atoms with van der Waals surface area (Å²) in [6.07, 6.45) is 1.44. The number of hydrogen-bond acceptors (Lipinski definition) is 3. The fourth-order valence-electron chi connectivity index (χ4n) is 3.14. The van der Waals surface area contributed by atoms with Gasteiger partial charge in [-0.25, -0.2) is 0 Å². The third kappa shape index (κ3) is 3.93. The van der Waals surface area contributed by atoms with Crippen molar-refractivity contribution in [2.24, 2.45) is 11.8 Å². The van der Waals surface area contributed by atoms with Crippen LogP contribution in [-0.2, 0) is 9.59 Å². The van der Waals surface area contributed by atoms with Gasteiger partial charge in [0.15, 0.2) is 0 Å². The minimum Gasteiger partial charge on any atom is -0.481 e. The summed E-state index contributed by atoms with van der Waals surface area (Å²) in [5, 5.41) is 11.9. The molecule has 1 aliphatic rings. The number of amides is 2. The fraction of sp³-hybridized carbons (Fsp3) is 0.500. The van der Waals surface area contributed by atoms with Crippen LogP contribution < -0.4 is 5.32 Å². The number of carbonyl (C=O) groups excluding carboxylic acids is 2. The standard InChI is InChI=1S/C18H24N2O4/c1-3-20(4-2)17(22)14-7-5-6-8-15(14)19-16(21)12-9-10-13(11-12)18(23)24/h5-8,12-13H,3-4,9-11H2,1-2H3,(H,19,21)(H,23,24)/t12-,13+/m1/s1. The highest BCUT2D eigenvalue weighted by Gasteiger charge is 2.34. The first-order valence-corrected chi connectivity index (χ1v) is 8.39. The normalized spacial score (nSPS) is 19.8. The number of aliphatic carboxylic acids is 1. The van der Waals surface area contributed by atoms with Gasteiger partial charge in [0.2, 0.25) is 5.91 Å². The number of hydrogen-bond donors (Lipinski definition) is 2. The van der Waals surface area contributed by atoms with E-state index in [0.717, 1.165) is 0 Å². The van der Waals surface area contributed by atoms with Crippen molar-refractivity contribution in [2.75, 3.05) is 18.4 Å². The Bertz CT molecular complexity index is 625. The van der Waals surface area contributed by atoms with Gasteiger partial charge in [0, 0.05) is 19.0 Å². The number of benzene rings is 1. The number of carboxylic acid groups (broad SMARTS) is 1. The van der Waals surface area contributed by atoms with Crippen LogP contribution in [0.1, 0.15) is 43.5 Å². The van der Waals surface area contributed by atoms with Gasteiger partial charge in [-0.3, -0.25) is 14.4 Å². The van der Waals surface area contributed by atoms with Crippen molar-refractivity contribution >= 4 is 23.5 Å². The lowest BCUT2D eigenvalue weighted by Crippen LogP contribution is -2.31. The van der Waals surface area contributed by atoms with Crippen LogP contribution in [0.2, 0.25) is 0 Å². The Morgan fingerprint density at radius 1 is 1.12 bits per heavy atom. The molecule has 2 rings (SSSR count). The predicted molar refractivity (Wildman–Crippen MR) is 90.8 cm³/mol. The van der Waals surface area contributed by atoms with Crippen molar-refractivity contribution < 1.29 is 19.5 Å². The van der Waals surface area contributed by atoms with E-state index >= 15 is 0 Å². The van der Waals surface area contributed by atoms with E-state index < -0.39 is 11.9 Å². The molecule has 1 aromatic rings. The van der Waals surface area contributed by atoms with E-state index in [4.69, 9.17) is 5.11 Å². The largest absolute Gasteiger partial charge is 0.481 e. The average Bonchev–Trinajstić information content (AvgIpc) is 3.07. The molecule has 6 heteroatoms. The molecule has 2 N–H and O–H groups in total. The predicted octanol–water partition coefficient (Wildman–Crippen LogP) is 2.61. The van der Waals surface area contributed by atoms with E-state index in [1.54, 1.807) is 29.2 Å². The summed E-state index contributed by atoms with van der Waals surface area (Å²) in [6.45, 7) is 5.02. The van der Waals surface area contributed by atoms with Crippen LogP contribution in [0.3, 0.4) is 0 Å². The number of rotatable bonds is 6. The molecule has 0 aromatic heterocycles. The van der Waals surface area contributed by atoms with Crippen LogP contribution >= 0.6 is 0 Å². The summed E-state index contributed by atoms with van der Waals surface area (Å²) in [5.74, 6) is -1.94. The number of nitrogens with zero attached hydrogens (tertiary/aromatic N) is 1. The van der Waals surface area contributed by atoms with Crippen LogP contribution in [0.5, 0.6) is 0 Å². The first kappa shape index (κ1) is 18.0. The zero-order chi connectivity index (χ0) is 17.7. The van der Waals surface area contributed by atoms with E-state index in [1.807, 2.05) is 13.8 Å². The number of para-hydroxylation sites is 1. The highest BCUT2D eigenvalue weighted by molar-refractivity contribution is 6.04. The van der Waals surface area contributed by atoms with Crippen molar-refractivity contribution in [3.05, 3.63) is 29.8 Å². The molecule has 0 radical (unpaired) electrons. The second kappa shape index (κ2) is 7.95. The molecule has 1 aromatic carbocycles. The van der Waals surface area contributed by atoms with Gasteiger partial charge in [-0.05, 0) is 45.2 Å². The number of carbonyl (C=O) groups is 3. The lowest BCUT2D eigenvalue weighted by Gasteiger charge is -2.21. The first-order chi connectivity index (χ1) is 11.5. The number of carboxylic acids is 1. The molecule has 24 heavy (non-hydrogen) atoms. The Morgan fingerprint density at radius 3 is 2.33 bits per heavy atom. The van der Waals surface area contributed by atoms with Crippen LogP contribution in [0, 0.1) is 11.8 Å². The second-order valence-electron chi connectivity index (χ2n) is 6.06. The maximum Gasteiger partial charge on any atom is 0.306 e. The number of nitrogens with one attached hydrogen (secondary N) is 1. The molecule has 130 valence electrons. The quantitative estimate of drug-likeness (QED) is 0.838. The topological polar surface area (TPSA) is 86.7 Å². The Balaban J connectivity index is 2.12. The lowest BCUT2D eigenvalue weighted by atomic mass is 10.0. The van der Waals surface area contributed by atoms with Gasteiger partial charge in [0.1, 0.15) is 0 Å². The third-order valence-electron chi connectivity index (χ3n) is 4.62. The van der Waals surface area contributed by atoms with Gasteiger partial charge in [-0.2, -0.15) is 0 Å². The van der Waals surface area contributed by atoms with Crippen molar-refractivity contribution in [3.8, 4) is 0 Å². The molecule has 0 heterocycles. The van der Waals surface area contributed by atoms with E-state index in [9.17, 15) is 14.4 Å². The summed E-state index contributed by atoms with van der Waals surface area (Å²) >= 11 is 0. The molecule has 2 amide bonds. The van der Waals surface area contributed by atoms with Gasteiger partial charge in [-0.15, -0.1) is 0 Å². The molecule has 0 saturated heterocycles. The van der Waals surface area contributed by atoms with Crippen LogP contribution in [0.4, 0.5) is 5.69 Å². The van der Waals surface area contributed by atoms with Crippen LogP contribution in [-0.4, -0.2) is 40.9 Å². The molecule has 0 unspecified atom stereocenters. The summed E-state index contributed by atoms with van der Waals surface area (Å²) < 4.78 is 0. The maximum absolute atomic E-state index is 12.6. The molecule has 2 atom stereocenters. The molecule has 1 aliphatic carbocycles. The van der Waals surface area contributed by atoms with Gasteiger partial charge in [-0.1, -0.05) is 12.1 Å². The molecule has 0 bridgehead atoms. The van der Waals surface area contributed by atoms with Gasteiger partial charge >= 0.3 is 5.97 Å². The van der Waals surface area contributed by atoms with E-state index in [0.29, 0.717) is 43.6 Å². The second-order valence-corrected chi connectivity index (χ2v) is 6.06. The average molecular weight is 332 g/mol. The zero-order valence-electron chi connectivity index (χ0n) is 14.1. The molecule has 0 spiro atoms. The Kier molecular flexibility index (Phi) is 5.95. The van der Waals surface area contributed by atoms with Crippen molar-refractivity contribution in [3.63, 3.8) is 0 Å². The van der Waals surface area contributed by atoms with Gasteiger partial charge in [0.25, 0.3) is 5.91 Å². The minimum atomic E-state index is -0.845. The fourth-order valence-corrected chi connectivity index (χ4v) is 3.14. The Morgan fingerprint density at radius 2 is 1.75 bits per heavy atom. The SMILES string of the molecule is CCN(CC)C(=O)c1ccccc1NC(=O)[C@@H]1CC[C@H](C(=O)O)C1. The lowest BCUT2D eigenvalue weighted by molar-refractivity contribution is -0.141. The van der Waals surface area contributed by atoms with Crippen LogP contribution in [0.15, 0.2) is 24.3 Å². The summed E-state index contributed by atoms with van der Waals surface area (Å²) in [5.41, 5.74) is 0.945. The summed E-state index contributed by atoms with van der Waals surface area (Å²) in [4.78, 5) is 37.7. The number of anilines is 1. The van der Waals surface area contributed by atoms with Crippen LogP contribution in [0.25, 0.3) is 0 Å². The third-order valence-corrected chi connectivity index (χ3v) is 4.62. The van der Waals surface area contributed by atoms with E-state index in [1.165, 1.54) is 0 Å². The van der Waals surface area contributed by atoms with Gasteiger partial charge in [0.05, 0.1) is 17.2 Å². The zero-order valence-corrected chi connectivity index (χ0v) is 14.1.